The fourth-order valence-electron chi connectivity index (χ4n) is 0.141. The molecule has 0 spiro atoms. The summed E-state index contributed by atoms with van der Waals surface area (Å²) in [5, 5.41) is 7.13. The Kier molecular flexibility index (Phi) is 10.6. The Hall–Kier alpha value is -0.880. The van der Waals surface area contributed by atoms with Crippen LogP contribution in [0, 0.1) is 0 Å². The molecule has 4 nitrogen and oxygen atoms in total. The average Bonchev–Trinajstić information content (AvgIpc) is 1.82. The highest BCUT2D eigenvalue weighted by Gasteiger charge is 1.78. The summed E-state index contributed by atoms with van der Waals surface area (Å²) in [6.45, 7) is 3.79. The van der Waals surface area contributed by atoms with Gasteiger partial charge < -0.3 is 21.3 Å². The molecule has 0 aliphatic carbocycles. The third-order valence-electron chi connectivity index (χ3n) is 0.343. The molecule has 6 heteroatoms. The van der Waals surface area contributed by atoms with Crippen molar-refractivity contribution in [2.45, 2.75) is 0 Å². The second-order valence-electron chi connectivity index (χ2n) is 1.26. The molecule has 0 heterocycles. The van der Waals surface area contributed by atoms with Crippen molar-refractivity contribution in [3.63, 3.8) is 0 Å². The van der Waals surface area contributed by atoms with Crippen LogP contribution in [0.15, 0.2) is 12.7 Å². The van der Waals surface area contributed by atoms with Gasteiger partial charge >= 0.3 is 0 Å². The molecular formula is C5H10N2O2S2. The Morgan fingerprint density at radius 2 is 1.91 bits per heavy atom. The van der Waals surface area contributed by atoms with E-state index in [1.54, 1.807) is 6.08 Å². The van der Waals surface area contributed by atoms with E-state index in [1.807, 2.05) is 0 Å². The maximum absolute atomic E-state index is 7.56. The van der Waals surface area contributed by atoms with Crippen LogP contribution in [0.4, 0.5) is 0 Å². The summed E-state index contributed by atoms with van der Waals surface area (Å²) >= 11 is 8.24. The minimum absolute atomic E-state index is 0.0694. The predicted octanol–water partition coefficient (Wildman–Crippen LogP) is 0.221. The SMILES string of the molecule is C=CCOC(N)=S.NC(O)=S. The van der Waals surface area contributed by atoms with Crippen molar-refractivity contribution in [2.24, 2.45) is 11.5 Å². The van der Waals surface area contributed by atoms with Crippen LogP contribution in [0.2, 0.25) is 0 Å². The third-order valence-corrected chi connectivity index (χ3v) is 0.461. The van der Waals surface area contributed by atoms with Crippen molar-refractivity contribution in [3.8, 4) is 0 Å². The van der Waals surface area contributed by atoms with Crippen LogP contribution in [-0.4, -0.2) is 22.1 Å². The Balaban J connectivity index is 0. The van der Waals surface area contributed by atoms with E-state index in [0.717, 1.165) is 0 Å². The molecule has 0 radical (unpaired) electrons. The fourth-order valence-corrected chi connectivity index (χ4v) is 0.209. The number of hydrogen-bond acceptors (Lipinski definition) is 3. The van der Waals surface area contributed by atoms with E-state index in [1.165, 1.54) is 0 Å². The molecule has 0 aliphatic rings. The first-order valence-electron chi connectivity index (χ1n) is 2.52. The highest BCUT2D eigenvalue weighted by Crippen LogP contribution is 1.71. The molecule has 0 unspecified atom stereocenters. The van der Waals surface area contributed by atoms with Gasteiger partial charge in [0.05, 0.1) is 0 Å². The molecular weight excluding hydrogens is 184 g/mol. The lowest BCUT2D eigenvalue weighted by molar-refractivity contribution is 0.355. The Morgan fingerprint density at radius 3 is 2.00 bits per heavy atom. The zero-order chi connectivity index (χ0) is 9.28. The molecule has 0 saturated heterocycles. The summed E-state index contributed by atoms with van der Waals surface area (Å²) in [7, 11) is 0. The van der Waals surface area contributed by atoms with Crippen molar-refractivity contribution in [2.75, 3.05) is 6.61 Å². The first-order valence-corrected chi connectivity index (χ1v) is 3.33. The number of ether oxygens (including phenoxy) is 1. The predicted molar refractivity (Wildman–Crippen MR) is 52.3 cm³/mol. The van der Waals surface area contributed by atoms with Gasteiger partial charge in [0.2, 0.25) is 0 Å². The van der Waals surface area contributed by atoms with Gasteiger partial charge in [-0.15, -0.1) is 0 Å². The normalized spacial score (nSPS) is 6.91. The topological polar surface area (TPSA) is 81.5 Å². The van der Waals surface area contributed by atoms with Gasteiger partial charge in [-0.3, -0.25) is 0 Å². The van der Waals surface area contributed by atoms with E-state index >= 15 is 0 Å². The van der Waals surface area contributed by atoms with Crippen molar-refractivity contribution in [3.05, 3.63) is 12.7 Å². The molecule has 0 fully saturated rings. The van der Waals surface area contributed by atoms with E-state index in [9.17, 15) is 0 Å². The van der Waals surface area contributed by atoms with Gasteiger partial charge in [0, 0.05) is 0 Å². The molecule has 0 aromatic rings. The summed E-state index contributed by atoms with van der Waals surface area (Å²) in [6, 6.07) is 0. The second kappa shape index (κ2) is 9.12. The lowest BCUT2D eigenvalue weighted by Gasteiger charge is -1.94. The van der Waals surface area contributed by atoms with Gasteiger partial charge in [-0.1, -0.05) is 12.7 Å². The van der Waals surface area contributed by atoms with Crippen molar-refractivity contribution in [1.82, 2.24) is 0 Å². The molecule has 0 amide bonds. The smallest absolute Gasteiger partial charge is 0.254 e. The molecule has 0 aromatic heterocycles. The molecule has 0 bridgehead atoms. The van der Waals surface area contributed by atoms with Gasteiger partial charge in [-0.2, -0.15) is 0 Å². The first kappa shape index (κ1) is 12.8. The highest BCUT2D eigenvalue weighted by molar-refractivity contribution is 7.80. The fraction of sp³-hybridized carbons (Fsp3) is 0.200. The van der Waals surface area contributed by atoms with Crippen molar-refractivity contribution in [1.29, 1.82) is 0 Å². The van der Waals surface area contributed by atoms with E-state index < -0.39 is 5.17 Å². The second-order valence-corrected chi connectivity index (χ2v) is 2.08. The quantitative estimate of drug-likeness (QED) is 0.431. The minimum Gasteiger partial charge on any atom is -0.487 e. The Bertz CT molecular complexity index is 145. The first-order chi connectivity index (χ1) is 5.00. The number of hydrogen-bond donors (Lipinski definition) is 3. The molecule has 11 heavy (non-hydrogen) atoms. The van der Waals surface area contributed by atoms with Gasteiger partial charge in [-0.25, -0.2) is 0 Å². The summed E-state index contributed by atoms with van der Waals surface area (Å²) < 4.78 is 4.58. The van der Waals surface area contributed by atoms with Crippen LogP contribution in [0.5, 0.6) is 0 Å². The number of aliphatic hydroxyl groups is 1. The van der Waals surface area contributed by atoms with Crippen LogP contribution < -0.4 is 11.5 Å². The standard InChI is InChI=1S/C4H7NOS.CH3NOS/c1-2-3-6-4(5)7;2-1(3)4/h2H,1,3H2,(H2,5,7);(H3,2,3,4). The van der Waals surface area contributed by atoms with Crippen LogP contribution in [0.25, 0.3) is 0 Å². The zero-order valence-electron chi connectivity index (χ0n) is 5.82. The highest BCUT2D eigenvalue weighted by atomic mass is 32.1. The van der Waals surface area contributed by atoms with Crippen molar-refractivity contribution < 1.29 is 9.84 Å². The minimum atomic E-state index is -0.500. The van der Waals surface area contributed by atoms with E-state index in [0.29, 0.717) is 6.61 Å². The third kappa shape index (κ3) is 47.5. The number of aliphatic hydroxyl groups excluding tert-OH is 1. The molecule has 5 N–H and O–H groups in total. The molecule has 0 saturated carbocycles. The summed E-state index contributed by atoms with van der Waals surface area (Å²) in [5.74, 6) is 0. The monoisotopic (exact) mass is 194 g/mol. The van der Waals surface area contributed by atoms with Crippen LogP contribution in [-0.2, 0) is 4.74 Å². The van der Waals surface area contributed by atoms with Crippen LogP contribution in [0.3, 0.4) is 0 Å². The maximum atomic E-state index is 7.56. The van der Waals surface area contributed by atoms with Crippen LogP contribution in [0.1, 0.15) is 0 Å². The Labute approximate surface area is 75.8 Å². The summed E-state index contributed by atoms with van der Waals surface area (Å²) in [5.41, 5.74) is 9.34. The van der Waals surface area contributed by atoms with Gasteiger partial charge in [0.25, 0.3) is 10.3 Å². The van der Waals surface area contributed by atoms with Gasteiger partial charge in [0.15, 0.2) is 0 Å². The van der Waals surface area contributed by atoms with Crippen LogP contribution >= 0.6 is 24.4 Å². The maximum Gasteiger partial charge on any atom is 0.254 e. The number of thiocarbonyl (C=S) groups is 2. The number of rotatable bonds is 2. The lowest BCUT2D eigenvalue weighted by Crippen LogP contribution is -2.11. The van der Waals surface area contributed by atoms with E-state index in [-0.39, 0.29) is 5.17 Å². The zero-order valence-corrected chi connectivity index (χ0v) is 7.45. The molecule has 0 aromatic carbocycles. The van der Waals surface area contributed by atoms with E-state index in [2.05, 4.69) is 41.5 Å². The van der Waals surface area contributed by atoms with Gasteiger partial charge in [-0.05, 0) is 24.4 Å². The molecule has 0 atom stereocenters. The Morgan fingerprint density at radius 1 is 1.55 bits per heavy atom. The molecule has 0 rings (SSSR count). The average molecular weight is 194 g/mol. The van der Waals surface area contributed by atoms with Crippen molar-refractivity contribution >= 4 is 34.8 Å². The lowest BCUT2D eigenvalue weighted by atomic mass is 10.7. The van der Waals surface area contributed by atoms with E-state index in [4.69, 9.17) is 10.8 Å². The molecule has 0 aliphatic heterocycles. The summed E-state index contributed by atoms with van der Waals surface area (Å²) in [6.07, 6.45) is 1.58. The summed E-state index contributed by atoms with van der Waals surface area (Å²) in [4.78, 5) is 0. The largest absolute Gasteiger partial charge is 0.487 e. The van der Waals surface area contributed by atoms with Gasteiger partial charge in [0.1, 0.15) is 6.61 Å². The molecule has 64 valence electrons. The number of nitrogens with two attached hydrogens (primary N) is 2.